The van der Waals surface area contributed by atoms with Crippen molar-refractivity contribution in [3.63, 3.8) is 0 Å². The minimum atomic E-state index is -4.50. The zero-order valence-electron chi connectivity index (χ0n) is 19.1. The minimum Gasteiger partial charge on any atom is -0.506 e. The Hall–Kier alpha value is -3.64. The molecule has 0 fully saturated rings. The van der Waals surface area contributed by atoms with E-state index in [0.717, 1.165) is 28.8 Å². The van der Waals surface area contributed by atoms with Gasteiger partial charge in [0.25, 0.3) is 11.5 Å². The largest absolute Gasteiger partial charge is 0.506 e. The normalized spacial score (nSPS) is 11.1. The molecule has 13 heteroatoms. The standard InChI is InChI=1S/C22H19F4N3O5.CH3Cl/c1-27-15-9-13(23)8-14-18(15)29(7-6-11-2-4-12(5-3-11)22(24,25)26)21(34)17(19(14)32)20(33)28-10-16(30)31;1-2/h2-5,8-9,27,32H,6-7,10H2,1H3,(H,28,33)(H,30,31);1H3/p+1. The number of amides is 1. The van der Waals surface area contributed by atoms with Gasteiger partial charge in [0.05, 0.1) is 18.0 Å². The molecule has 0 bridgehead atoms. The van der Waals surface area contributed by atoms with E-state index >= 15 is 0 Å². The number of aromatic hydroxyl groups is 1. The number of aliphatic carboxylic acids is 1. The van der Waals surface area contributed by atoms with Gasteiger partial charge in [-0.05, 0) is 30.2 Å². The van der Waals surface area contributed by atoms with Crippen molar-refractivity contribution in [2.45, 2.75) is 19.1 Å². The van der Waals surface area contributed by atoms with E-state index in [9.17, 15) is 37.1 Å². The Morgan fingerprint density at radius 2 is 1.75 bits per heavy atom. The molecule has 0 unspecified atom stereocenters. The molecule has 3 aromatic rings. The van der Waals surface area contributed by atoms with Crippen LogP contribution in [-0.2, 0) is 23.9 Å². The van der Waals surface area contributed by atoms with E-state index < -0.39 is 52.9 Å². The van der Waals surface area contributed by atoms with Gasteiger partial charge in [-0.1, -0.05) is 12.1 Å². The summed E-state index contributed by atoms with van der Waals surface area (Å²) < 4.78 is 53.7. The van der Waals surface area contributed by atoms with Crippen molar-refractivity contribution in [1.29, 1.82) is 0 Å². The van der Waals surface area contributed by atoms with Gasteiger partial charge < -0.3 is 25.4 Å². The third-order valence-corrected chi connectivity index (χ3v) is 5.17. The van der Waals surface area contributed by atoms with Crippen molar-refractivity contribution >= 4 is 40.1 Å². The Bertz CT molecular complexity index is 1320. The third kappa shape index (κ3) is 6.32. The summed E-state index contributed by atoms with van der Waals surface area (Å²) in [5, 5.41) is 22.7. The summed E-state index contributed by atoms with van der Waals surface area (Å²) in [6, 6.07) is 6.36. The summed E-state index contributed by atoms with van der Waals surface area (Å²) in [5.41, 5.74) is -1.75. The molecule has 36 heavy (non-hydrogen) atoms. The van der Waals surface area contributed by atoms with Gasteiger partial charge in [-0.25, -0.2) is 4.39 Å². The molecule has 1 aromatic heterocycles. The number of hydrogen-bond donors (Lipinski definition) is 4. The highest BCUT2D eigenvalue weighted by Crippen LogP contribution is 2.31. The lowest BCUT2D eigenvalue weighted by atomic mass is 10.1. The second kappa shape index (κ2) is 11.9. The molecule has 0 aliphatic carbocycles. The van der Waals surface area contributed by atoms with Crippen molar-refractivity contribution in [1.82, 2.24) is 9.88 Å². The maximum atomic E-state index is 14.2. The lowest BCUT2D eigenvalue weighted by Crippen LogP contribution is -2.73. The van der Waals surface area contributed by atoms with Crippen molar-refractivity contribution in [3.05, 3.63) is 69.3 Å². The highest BCUT2D eigenvalue weighted by molar-refractivity contribution is 6.15. The van der Waals surface area contributed by atoms with E-state index in [-0.39, 0.29) is 29.6 Å². The number of nitrogens with zero attached hydrogens (tertiary/aromatic N) is 1. The number of carboxylic acids is 1. The quantitative estimate of drug-likeness (QED) is 0.211. The van der Waals surface area contributed by atoms with Crippen LogP contribution in [0, 0.1) is 5.82 Å². The Labute approximate surface area is 207 Å². The number of nitrogens with two attached hydrogens (primary N) is 1. The van der Waals surface area contributed by atoms with E-state index in [0.29, 0.717) is 5.56 Å². The van der Waals surface area contributed by atoms with E-state index in [1.807, 2.05) is 5.32 Å². The van der Waals surface area contributed by atoms with Gasteiger partial charge in [0.1, 0.15) is 29.2 Å². The zero-order chi connectivity index (χ0) is 27.2. The van der Waals surface area contributed by atoms with Crippen LogP contribution in [0.3, 0.4) is 0 Å². The number of aromatic nitrogens is 1. The molecular formula is C23H23ClF4N3O5+. The first-order valence-electron chi connectivity index (χ1n) is 10.4. The molecule has 2 aromatic carbocycles. The number of quaternary nitrogens is 1. The van der Waals surface area contributed by atoms with Crippen LogP contribution >= 0.6 is 11.6 Å². The highest BCUT2D eigenvalue weighted by Gasteiger charge is 2.30. The second-order valence-corrected chi connectivity index (χ2v) is 7.38. The number of nitrogens with one attached hydrogen (secondary N) is 1. The van der Waals surface area contributed by atoms with E-state index in [1.54, 1.807) is 7.05 Å². The fourth-order valence-electron chi connectivity index (χ4n) is 3.56. The molecule has 1 heterocycles. The third-order valence-electron chi connectivity index (χ3n) is 5.17. The summed E-state index contributed by atoms with van der Waals surface area (Å²) >= 11 is 4.64. The molecule has 0 aliphatic rings. The molecule has 194 valence electrons. The number of halogens is 5. The van der Waals surface area contributed by atoms with Crippen LogP contribution in [0.15, 0.2) is 41.2 Å². The van der Waals surface area contributed by atoms with Crippen molar-refractivity contribution < 1.29 is 42.7 Å². The number of carboxylic acid groups (broad SMARTS) is 1. The monoisotopic (exact) mass is 532 g/mol. The van der Waals surface area contributed by atoms with Crippen LogP contribution in [0.5, 0.6) is 5.75 Å². The number of hydrogen-bond acceptors (Lipinski definition) is 4. The predicted molar refractivity (Wildman–Crippen MR) is 124 cm³/mol. The minimum absolute atomic E-state index is 0.0780. The van der Waals surface area contributed by atoms with Gasteiger partial charge in [-0.2, -0.15) is 13.2 Å². The Kier molecular flexibility index (Phi) is 9.42. The van der Waals surface area contributed by atoms with Crippen molar-refractivity contribution in [3.8, 4) is 5.75 Å². The number of pyridine rings is 1. The lowest BCUT2D eigenvalue weighted by molar-refractivity contribution is -0.538. The molecule has 1 amide bonds. The summed E-state index contributed by atoms with van der Waals surface area (Å²) in [5.74, 6) is -4.11. The molecule has 5 N–H and O–H groups in total. The summed E-state index contributed by atoms with van der Waals surface area (Å²) in [6.45, 7) is -0.939. The molecule has 0 saturated carbocycles. The molecule has 0 atom stereocenters. The molecule has 0 aliphatic heterocycles. The molecule has 0 radical (unpaired) electrons. The van der Waals surface area contributed by atoms with E-state index in [2.05, 4.69) is 11.6 Å². The van der Waals surface area contributed by atoms with Crippen LogP contribution in [0.2, 0.25) is 0 Å². The number of benzene rings is 2. The number of aryl methyl sites for hydroxylation is 2. The topological polar surface area (TPSA) is 125 Å². The van der Waals surface area contributed by atoms with Gasteiger partial charge in [-0.3, -0.25) is 14.4 Å². The maximum absolute atomic E-state index is 14.2. The van der Waals surface area contributed by atoms with Gasteiger partial charge >= 0.3 is 12.1 Å². The number of fused-ring (bicyclic) bond motifs is 1. The van der Waals surface area contributed by atoms with E-state index in [1.165, 1.54) is 23.8 Å². The first-order chi connectivity index (χ1) is 16.9. The van der Waals surface area contributed by atoms with Gasteiger partial charge in [0.15, 0.2) is 5.69 Å². The Morgan fingerprint density at radius 1 is 1.14 bits per heavy atom. The number of rotatable bonds is 7. The molecule has 8 nitrogen and oxygen atoms in total. The van der Waals surface area contributed by atoms with Gasteiger partial charge in [-0.15, -0.1) is 11.6 Å². The van der Waals surface area contributed by atoms with Crippen LogP contribution in [-0.4, -0.2) is 46.6 Å². The Balaban J connectivity index is 0.00000222. The average molecular weight is 533 g/mol. The number of carbonyl (C=O) groups is 2. The van der Waals surface area contributed by atoms with Crippen molar-refractivity contribution in [2.75, 3.05) is 20.0 Å². The van der Waals surface area contributed by atoms with Crippen LogP contribution in [0.4, 0.5) is 23.2 Å². The van der Waals surface area contributed by atoms with Crippen LogP contribution in [0.1, 0.15) is 21.5 Å². The van der Waals surface area contributed by atoms with Crippen molar-refractivity contribution in [2.24, 2.45) is 0 Å². The SMILES string of the molecule is CCl.C[NH2+]c1cc(F)cc2c(O)c(C(=O)NCC(=O)O)c(=O)n(CCc3ccc(C(F)(F)F)cc3)c12. The van der Waals surface area contributed by atoms with Crippen LogP contribution in [0.25, 0.3) is 10.9 Å². The lowest BCUT2D eigenvalue weighted by Gasteiger charge is -2.16. The van der Waals surface area contributed by atoms with Crippen LogP contribution < -0.4 is 16.2 Å². The predicted octanol–water partition coefficient (Wildman–Crippen LogP) is 2.60. The summed E-state index contributed by atoms with van der Waals surface area (Å²) in [6.07, 6.45) is -2.95. The molecule has 3 rings (SSSR count). The fourth-order valence-corrected chi connectivity index (χ4v) is 3.56. The molecule has 0 saturated heterocycles. The first-order valence-corrected chi connectivity index (χ1v) is 11.1. The fraction of sp³-hybridized carbons (Fsp3) is 0.261. The number of carbonyl (C=O) groups excluding carboxylic acids is 1. The highest BCUT2D eigenvalue weighted by atomic mass is 35.5. The second-order valence-electron chi connectivity index (χ2n) is 7.38. The zero-order valence-corrected chi connectivity index (χ0v) is 19.9. The average Bonchev–Trinajstić information content (AvgIpc) is 2.83. The maximum Gasteiger partial charge on any atom is 0.416 e. The van der Waals surface area contributed by atoms with E-state index in [4.69, 9.17) is 5.11 Å². The van der Waals surface area contributed by atoms with Gasteiger partial charge in [0, 0.05) is 19.0 Å². The first kappa shape index (κ1) is 28.6. The number of alkyl halides is 4. The molecule has 0 spiro atoms. The summed E-state index contributed by atoms with van der Waals surface area (Å²) in [4.78, 5) is 36.4. The summed E-state index contributed by atoms with van der Waals surface area (Å²) in [7, 11) is 1.57. The molecular weight excluding hydrogens is 510 g/mol. The van der Waals surface area contributed by atoms with Gasteiger partial charge in [0.2, 0.25) is 0 Å². The smallest absolute Gasteiger partial charge is 0.416 e. The Morgan fingerprint density at radius 3 is 2.28 bits per heavy atom.